The Morgan fingerprint density at radius 3 is 2.57 bits per heavy atom. The predicted octanol–water partition coefficient (Wildman–Crippen LogP) is 5.39. The van der Waals surface area contributed by atoms with Crippen molar-refractivity contribution >= 4 is 38.3 Å². The van der Waals surface area contributed by atoms with Gasteiger partial charge in [0.15, 0.2) is 5.82 Å². The van der Waals surface area contributed by atoms with Crippen molar-refractivity contribution in [3.63, 3.8) is 0 Å². The molecule has 0 unspecified atom stereocenters. The molecule has 0 radical (unpaired) electrons. The Kier molecular flexibility index (Phi) is 6.18. The summed E-state index contributed by atoms with van der Waals surface area (Å²) in [5.74, 6) is -1.54. The second-order valence-electron chi connectivity index (χ2n) is 7.82. The first-order valence-electron chi connectivity index (χ1n) is 10.6. The minimum Gasteiger partial charge on any atom is -0.495 e. The highest BCUT2D eigenvalue weighted by Crippen LogP contribution is 2.36. The highest BCUT2D eigenvalue weighted by atomic mass is 35.5. The zero-order valence-electron chi connectivity index (χ0n) is 18.9. The molecule has 8 nitrogen and oxygen atoms in total. The second-order valence-corrected chi connectivity index (χ2v) is 9.91. The Morgan fingerprint density at radius 2 is 1.84 bits per heavy atom. The van der Waals surface area contributed by atoms with E-state index in [0.717, 1.165) is 6.07 Å². The van der Waals surface area contributed by atoms with E-state index in [1.807, 2.05) is 0 Å². The topological polar surface area (TPSA) is 103 Å². The van der Waals surface area contributed by atoms with Crippen LogP contribution in [0.5, 0.6) is 5.75 Å². The van der Waals surface area contributed by atoms with E-state index >= 15 is 4.39 Å². The summed E-state index contributed by atoms with van der Waals surface area (Å²) < 4.78 is 68.9. The average Bonchev–Trinajstić information content (AvgIpc) is 3.38. The fraction of sp³-hybridized carbons (Fsp3) is 0.0400. The number of anilines is 1. The maximum atomic E-state index is 15.3. The molecule has 0 saturated heterocycles. The zero-order valence-corrected chi connectivity index (χ0v) is 20.5. The lowest BCUT2D eigenvalue weighted by Crippen LogP contribution is -2.19. The Bertz CT molecular complexity index is 1820. The van der Waals surface area contributed by atoms with Crippen LogP contribution in [0.4, 0.5) is 14.6 Å². The van der Waals surface area contributed by atoms with E-state index in [4.69, 9.17) is 16.3 Å². The summed E-state index contributed by atoms with van der Waals surface area (Å²) in [4.78, 5) is 12.8. The highest BCUT2D eigenvalue weighted by molar-refractivity contribution is 7.92. The summed E-state index contributed by atoms with van der Waals surface area (Å²) in [6.07, 6.45) is 1.22. The second kappa shape index (κ2) is 9.34. The van der Waals surface area contributed by atoms with Gasteiger partial charge in [0.25, 0.3) is 15.6 Å². The van der Waals surface area contributed by atoms with Gasteiger partial charge in [-0.25, -0.2) is 17.2 Å². The van der Waals surface area contributed by atoms with Crippen LogP contribution in [0.1, 0.15) is 0 Å². The summed E-state index contributed by atoms with van der Waals surface area (Å²) in [7, 11) is -2.69. The SMILES string of the molecule is COc1cc(-c2cccc(Cl)c2F)c(F)cc1-n1c(=O)ccc2cc(S(=O)(=O)Nc3ccon3)ccc21. The molecule has 188 valence electrons. The number of benzene rings is 3. The van der Waals surface area contributed by atoms with Crippen molar-refractivity contribution < 1.29 is 26.5 Å². The molecule has 12 heteroatoms. The van der Waals surface area contributed by atoms with Crippen molar-refractivity contribution in [2.75, 3.05) is 11.8 Å². The van der Waals surface area contributed by atoms with E-state index in [2.05, 4.69) is 14.4 Å². The fourth-order valence-corrected chi connectivity index (χ4v) is 5.10. The molecule has 2 heterocycles. The summed E-state index contributed by atoms with van der Waals surface area (Å²) in [6.45, 7) is 0. The number of hydrogen-bond donors (Lipinski definition) is 1. The van der Waals surface area contributed by atoms with Gasteiger partial charge in [-0.05, 0) is 36.4 Å². The minimum absolute atomic E-state index is 0.00140. The van der Waals surface area contributed by atoms with E-state index in [1.165, 1.54) is 78.6 Å². The number of pyridine rings is 1. The molecule has 0 amide bonds. The number of sulfonamides is 1. The van der Waals surface area contributed by atoms with E-state index in [1.54, 1.807) is 0 Å². The molecule has 0 saturated carbocycles. The number of ether oxygens (including phenoxy) is 1. The molecule has 5 rings (SSSR count). The lowest BCUT2D eigenvalue weighted by molar-refractivity contribution is 0.412. The highest BCUT2D eigenvalue weighted by Gasteiger charge is 2.21. The van der Waals surface area contributed by atoms with Crippen LogP contribution in [0, 0.1) is 11.6 Å². The third-order valence-corrected chi connectivity index (χ3v) is 7.25. The number of methoxy groups -OCH3 is 1. The first-order valence-corrected chi connectivity index (χ1v) is 12.5. The maximum Gasteiger partial charge on any atom is 0.263 e. The zero-order chi connectivity index (χ0) is 26.3. The van der Waals surface area contributed by atoms with Crippen LogP contribution in [0.2, 0.25) is 5.02 Å². The molecule has 3 aromatic carbocycles. The largest absolute Gasteiger partial charge is 0.495 e. The summed E-state index contributed by atoms with van der Waals surface area (Å²) in [6, 6.07) is 14.6. The van der Waals surface area contributed by atoms with Gasteiger partial charge in [-0.1, -0.05) is 28.9 Å². The first-order chi connectivity index (χ1) is 17.7. The number of halogens is 3. The number of hydrogen-bond acceptors (Lipinski definition) is 6. The van der Waals surface area contributed by atoms with Crippen molar-refractivity contribution in [2.45, 2.75) is 4.90 Å². The molecule has 0 aliphatic rings. The van der Waals surface area contributed by atoms with E-state index in [0.29, 0.717) is 5.39 Å². The fourth-order valence-electron chi connectivity index (χ4n) is 3.90. The van der Waals surface area contributed by atoms with Crippen molar-refractivity contribution in [2.24, 2.45) is 0 Å². The van der Waals surface area contributed by atoms with Crippen LogP contribution >= 0.6 is 11.6 Å². The van der Waals surface area contributed by atoms with Crippen LogP contribution in [-0.2, 0) is 10.0 Å². The summed E-state index contributed by atoms with van der Waals surface area (Å²) in [5, 5.41) is 3.73. The van der Waals surface area contributed by atoms with Crippen LogP contribution in [-0.4, -0.2) is 25.3 Å². The summed E-state index contributed by atoms with van der Waals surface area (Å²) >= 11 is 5.86. The Labute approximate surface area is 213 Å². The Morgan fingerprint density at radius 1 is 1.03 bits per heavy atom. The van der Waals surface area contributed by atoms with Gasteiger partial charge in [0, 0.05) is 34.7 Å². The molecule has 0 aliphatic carbocycles. The number of nitrogens with zero attached hydrogens (tertiary/aromatic N) is 2. The van der Waals surface area contributed by atoms with Crippen molar-refractivity contribution in [3.05, 3.63) is 100 Å². The lowest BCUT2D eigenvalue weighted by atomic mass is 10.0. The molecule has 2 aromatic heterocycles. The number of aromatic nitrogens is 2. The van der Waals surface area contributed by atoms with Gasteiger partial charge in [0.2, 0.25) is 0 Å². The maximum absolute atomic E-state index is 15.3. The third kappa shape index (κ3) is 4.43. The number of nitrogens with one attached hydrogen (secondary N) is 1. The van der Waals surface area contributed by atoms with Crippen molar-refractivity contribution in [3.8, 4) is 22.6 Å². The minimum atomic E-state index is -4.02. The molecule has 37 heavy (non-hydrogen) atoms. The third-order valence-electron chi connectivity index (χ3n) is 5.60. The first kappa shape index (κ1) is 24.5. The molecular formula is C25H16ClF2N3O5S. The molecule has 0 atom stereocenters. The quantitative estimate of drug-likeness (QED) is 0.308. The van der Waals surface area contributed by atoms with Crippen LogP contribution < -0.4 is 15.0 Å². The lowest BCUT2D eigenvalue weighted by Gasteiger charge is -2.17. The Hall–Kier alpha value is -4.22. The molecule has 1 N–H and O–H groups in total. The smallest absolute Gasteiger partial charge is 0.263 e. The van der Waals surface area contributed by atoms with E-state index in [-0.39, 0.29) is 43.8 Å². The van der Waals surface area contributed by atoms with Crippen molar-refractivity contribution in [1.82, 2.24) is 9.72 Å². The standard InChI is InChI=1S/C25H16ClF2N3O5S/c1-35-22-12-17(16-3-2-4-18(26)25(16)28)19(27)13-21(22)31-20-7-6-15(11-14(20)5-8-24(31)32)37(33,34)30-23-9-10-36-29-23/h2-13H,1H3,(H,29,30). The monoisotopic (exact) mass is 543 g/mol. The van der Waals surface area contributed by atoms with Gasteiger partial charge in [-0.15, -0.1) is 0 Å². The van der Waals surface area contributed by atoms with Gasteiger partial charge in [0.05, 0.1) is 28.2 Å². The predicted molar refractivity (Wildman–Crippen MR) is 134 cm³/mol. The van der Waals surface area contributed by atoms with Crippen LogP contribution in [0.25, 0.3) is 27.7 Å². The molecule has 0 spiro atoms. The number of rotatable bonds is 6. The van der Waals surface area contributed by atoms with Crippen LogP contribution in [0.3, 0.4) is 0 Å². The molecule has 0 aliphatic heterocycles. The normalized spacial score (nSPS) is 11.6. The molecule has 0 fully saturated rings. The Balaban J connectivity index is 1.66. The van der Waals surface area contributed by atoms with E-state index < -0.39 is 27.2 Å². The van der Waals surface area contributed by atoms with Gasteiger partial charge in [0.1, 0.15) is 23.6 Å². The summed E-state index contributed by atoms with van der Waals surface area (Å²) in [5.41, 5.74) is -0.385. The number of fused-ring (bicyclic) bond motifs is 1. The van der Waals surface area contributed by atoms with E-state index in [9.17, 15) is 17.6 Å². The van der Waals surface area contributed by atoms with Crippen molar-refractivity contribution in [1.29, 1.82) is 0 Å². The van der Waals surface area contributed by atoms with Gasteiger partial charge in [-0.3, -0.25) is 14.1 Å². The molecule has 0 bridgehead atoms. The van der Waals surface area contributed by atoms with Gasteiger partial charge >= 0.3 is 0 Å². The average molecular weight is 544 g/mol. The molecule has 5 aromatic rings. The van der Waals surface area contributed by atoms with Gasteiger partial charge in [-0.2, -0.15) is 0 Å². The van der Waals surface area contributed by atoms with Crippen LogP contribution in [0.15, 0.2) is 87.2 Å². The molecular weight excluding hydrogens is 528 g/mol. The van der Waals surface area contributed by atoms with Gasteiger partial charge < -0.3 is 9.26 Å².